The number of ether oxygens (including phenoxy) is 2. The van der Waals surface area contributed by atoms with E-state index in [4.69, 9.17) is 21.1 Å². The first kappa shape index (κ1) is 17.6. The lowest BCUT2D eigenvalue weighted by atomic mass is 9.79. The highest BCUT2D eigenvalue weighted by atomic mass is 35.5. The first-order valence-electron chi connectivity index (χ1n) is 7.50. The Morgan fingerprint density at radius 2 is 1.83 bits per heavy atom. The number of hydrogen-bond donors (Lipinski definition) is 0. The van der Waals surface area contributed by atoms with Crippen molar-refractivity contribution in [1.82, 2.24) is 4.90 Å². The van der Waals surface area contributed by atoms with Gasteiger partial charge in [-0.2, -0.15) is 0 Å². The fourth-order valence-electron chi connectivity index (χ4n) is 2.78. The first-order chi connectivity index (χ1) is 10.7. The second kappa shape index (κ2) is 6.40. The fourth-order valence-corrected chi connectivity index (χ4v) is 2.90. The van der Waals surface area contributed by atoms with Crippen LogP contribution in [0.1, 0.15) is 32.8 Å². The van der Waals surface area contributed by atoms with Gasteiger partial charge in [0.1, 0.15) is 11.0 Å². The van der Waals surface area contributed by atoms with Gasteiger partial charge in [0.15, 0.2) is 0 Å². The maximum Gasteiger partial charge on any atom is 0.410 e. The second-order valence-electron chi connectivity index (χ2n) is 6.73. The molecule has 1 heterocycles. The quantitative estimate of drug-likeness (QED) is 0.775. The lowest BCUT2D eigenvalue weighted by Crippen LogP contribution is -2.42. The highest BCUT2D eigenvalue weighted by molar-refractivity contribution is 6.30. The van der Waals surface area contributed by atoms with Crippen LogP contribution in [-0.2, 0) is 19.7 Å². The molecule has 0 bridgehead atoms. The van der Waals surface area contributed by atoms with Gasteiger partial charge in [-0.3, -0.25) is 4.79 Å². The molecule has 0 aromatic heterocycles. The molecular weight excluding hydrogens is 318 g/mol. The van der Waals surface area contributed by atoms with Crippen LogP contribution in [0.3, 0.4) is 0 Å². The van der Waals surface area contributed by atoms with Crippen molar-refractivity contribution >= 4 is 23.7 Å². The van der Waals surface area contributed by atoms with Crippen molar-refractivity contribution < 1.29 is 19.1 Å². The van der Waals surface area contributed by atoms with E-state index in [2.05, 4.69) is 0 Å². The predicted molar refractivity (Wildman–Crippen MR) is 87.6 cm³/mol. The van der Waals surface area contributed by atoms with Crippen LogP contribution in [0.4, 0.5) is 4.79 Å². The third kappa shape index (κ3) is 3.78. The molecular formula is C17H22ClNO4. The van der Waals surface area contributed by atoms with Crippen molar-refractivity contribution in [3.8, 4) is 0 Å². The maximum absolute atomic E-state index is 12.4. The van der Waals surface area contributed by atoms with E-state index in [1.54, 1.807) is 29.2 Å². The summed E-state index contributed by atoms with van der Waals surface area (Å²) < 4.78 is 10.4. The summed E-state index contributed by atoms with van der Waals surface area (Å²) in [6.07, 6.45) is 0.0674. The molecule has 1 aliphatic heterocycles. The molecule has 1 fully saturated rings. The molecule has 1 aromatic carbocycles. The van der Waals surface area contributed by atoms with Gasteiger partial charge in [0.25, 0.3) is 0 Å². The van der Waals surface area contributed by atoms with Crippen LogP contribution >= 0.6 is 11.6 Å². The van der Waals surface area contributed by atoms with Crippen molar-refractivity contribution in [1.29, 1.82) is 0 Å². The Bertz CT molecular complexity index is 594. The van der Waals surface area contributed by atoms with Gasteiger partial charge in [-0.25, -0.2) is 4.79 Å². The number of nitrogens with zero attached hydrogens (tertiary/aromatic N) is 1. The number of benzene rings is 1. The smallest absolute Gasteiger partial charge is 0.410 e. The molecule has 0 saturated carbocycles. The normalized spacial score (nSPS) is 21.2. The molecule has 23 heavy (non-hydrogen) atoms. The SMILES string of the molecule is COC(=O)C1(c2ccc(Cl)cc2)CCN(C(=O)OC(C)(C)C)C1. The topological polar surface area (TPSA) is 55.8 Å². The van der Waals surface area contributed by atoms with Crippen molar-refractivity contribution in [2.75, 3.05) is 20.2 Å². The summed E-state index contributed by atoms with van der Waals surface area (Å²) in [6, 6.07) is 7.07. The average molecular weight is 340 g/mol. The molecule has 1 saturated heterocycles. The van der Waals surface area contributed by atoms with E-state index >= 15 is 0 Å². The molecule has 1 unspecified atom stereocenters. The van der Waals surface area contributed by atoms with E-state index in [1.165, 1.54) is 7.11 Å². The van der Waals surface area contributed by atoms with Gasteiger partial charge in [0.2, 0.25) is 0 Å². The molecule has 0 aliphatic carbocycles. The number of halogens is 1. The van der Waals surface area contributed by atoms with Gasteiger partial charge in [-0.05, 0) is 44.9 Å². The van der Waals surface area contributed by atoms with Gasteiger partial charge in [-0.15, -0.1) is 0 Å². The van der Waals surface area contributed by atoms with Crippen molar-refractivity contribution in [2.45, 2.75) is 38.2 Å². The Labute approximate surface area is 141 Å². The minimum Gasteiger partial charge on any atom is -0.468 e. The highest BCUT2D eigenvalue weighted by Gasteiger charge is 2.49. The molecule has 126 valence electrons. The summed E-state index contributed by atoms with van der Waals surface area (Å²) in [5, 5.41) is 0.593. The van der Waals surface area contributed by atoms with E-state index in [-0.39, 0.29) is 12.5 Å². The zero-order valence-corrected chi connectivity index (χ0v) is 14.6. The minimum absolute atomic E-state index is 0.232. The van der Waals surface area contributed by atoms with Crippen LogP contribution in [0.5, 0.6) is 0 Å². The van der Waals surface area contributed by atoms with E-state index in [0.717, 1.165) is 5.56 Å². The molecule has 1 aliphatic rings. The lowest BCUT2D eigenvalue weighted by molar-refractivity contribution is -0.147. The zero-order valence-electron chi connectivity index (χ0n) is 13.9. The molecule has 1 atom stereocenters. The molecule has 5 nitrogen and oxygen atoms in total. The van der Waals surface area contributed by atoms with Crippen molar-refractivity contribution in [2.24, 2.45) is 0 Å². The second-order valence-corrected chi connectivity index (χ2v) is 7.17. The van der Waals surface area contributed by atoms with Crippen LogP contribution in [-0.4, -0.2) is 42.8 Å². The number of hydrogen-bond acceptors (Lipinski definition) is 4. The Morgan fingerprint density at radius 1 is 1.22 bits per heavy atom. The number of likely N-dealkylation sites (tertiary alicyclic amines) is 1. The molecule has 1 aromatic rings. The molecule has 0 radical (unpaired) electrons. The highest BCUT2D eigenvalue weighted by Crippen LogP contribution is 2.37. The standard InChI is InChI=1S/C17H22ClNO4/c1-16(2,3)23-15(21)19-10-9-17(11-19,14(20)22-4)12-5-7-13(18)8-6-12/h5-8H,9-11H2,1-4H3. The van der Waals surface area contributed by atoms with Gasteiger partial charge in [-0.1, -0.05) is 23.7 Å². The van der Waals surface area contributed by atoms with Crippen molar-refractivity contribution in [3.05, 3.63) is 34.9 Å². The van der Waals surface area contributed by atoms with Gasteiger partial charge < -0.3 is 14.4 Å². The summed E-state index contributed by atoms with van der Waals surface area (Å²) >= 11 is 5.93. The summed E-state index contributed by atoms with van der Waals surface area (Å²) in [7, 11) is 1.36. The van der Waals surface area contributed by atoms with Gasteiger partial charge in [0.05, 0.1) is 7.11 Å². The van der Waals surface area contributed by atoms with E-state index in [0.29, 0.717) is 18.0 Å². The van der Waals surface area contributed by atoms with Crippen LogP contribution < -0.4 is 0 Å². The third-order valence-corrected chi connectivity index (χ3v) is 4.15. The molecule has 6 heteroatoms. The molecule has 2 rings (SSSR count). The van der Waals surface area contributed by atoms with E-state index in [9.17, 15) is 9.59 Å². The fraction of sp³-hybridized carbons (Fsp3) is 0.529. The summed E-state index contributed by atoms with van der Waals surface area (Å²) in [4.78, 5) is 26.3. The molecule has 0 N–H and O–H groups in total. The summed E-state index contributed by atoms with van der Waals surface area (Å²) in [6.45, 7) is 6.11. The van der Waals surface area contributed by atoms with E-state index < -0.39 is 17.1 Å². The minimum atomic E-state index is -0.879. The Hall–Kier alpha value is -1.75. The Balaban J connectivity index is 2.27. The number of esters is 1. The van der Waals surface area contributed by atoms with Gasteiger partial charge >= 0.3 is 12.1 Å². The van der Waals surface area contributed by atoms with Crippen LogP contribution in [0, 0.1) is 0 Å². The molecule has 0 spiro atoms. The van der Waals surface area contributed by atoms with Crippen LogP contribution in [0.2, 0.25) is 5.02 Å². The number of methoxy groups -OCH3 is 1. The number of amides is 1. The van der Waals surface area contributed by atoms with Crippen molar-refractivity contribution in [3.63, 3.8) is 0 Å². The van der Waals surface area contributed by atoms with Crippen LogP contribution in [0.15, 0.2) is 24.3 Å². The summed E-state index contributed by atoms with van der Waals surface area (Å²) in [5.41, 5.74) is -0.663. The largest absolute Gasteiger partial charge is 0.468 e. The Morgan fingerprint density at radius 3 is 2.35 bits per heavy atom. The predicted octanol–water partition coefficient (Wildman–Crippen LogP) is 3.39. The molecule has 1 amide bonds. The Kier molecular flexibility index (Phi) is 4.90. The monoisotopic (exact) mass is 339 g/mol. The average Bonchev–Trinajstić information content (AvgIpc) is 2.92. The van der Waals surface area contributed by atoms with Crippen LogP contribution in [0.25, 0.3) is 0 Å². The van der Waals surface area contributed by atoms with E-state index in [1.807, 2.05) is 20.8 Å². The third-order valence-electron chi connectivity index (χ3n) is 3.89. The number of carbonyl (C=O) groups excluding carboxylic acids is 2. The first-order valence-corrected chi connectivity index (χ1v) is 7.88. The lowest BCUT2D eigenvalue weighted by Gasteiger charge is -2.28. The number of carbonyl (C=O) groups is 2. The maximum atomic E-state index is 12.4. The van der Waals surface area contributed by atoms with Gasteiger partial charge in [0, 0.05) is 18.1 Å². The summed E-state index contributed by atoms with van der Waals surface area (Å²) in [5.74, 6) is -0.356. The number of rotatable bonds is 2. The zero-order chi connectivity index (χ0) is 17.3.